The van der Waals surface area contributed by atoms with Gasteiger partial charge in [-0.3, -0.25) is 4.79 Å². The second-order valence-corrected chi connectivity index (χ2v) is 8.51. The van der Waals surface area contributed by atoms with Gasteiger partial charge >= 0.3 is 5.92 Å². The highest BCUT2D eigenvalue weighted by molar-refractivity contribution is 6.30. The molecule has 5 nitrogen and oxygen atoms in total. The molecule has 0 bridgehead atoms. The number of benzene rings is 2. The molecule has 0 fully saturated rings. The molecule has 2 aromatic rings. The molecule has 0 aliphatic heterocycles. The number of rotatable bonds is 11. The number of ether oxygens (including phenoxy) is 1. The van der Waals surface area contributed by atoms with Gasteiger partial charge in [-0.25, -0.2) is 4.39 Å². The van der Waals surface area contributed by atoms with Crippen LogP contribution in [0.4, 0.5) is 18.9 Å². The van der Waals surface area contributed by atoms with Gasteiger partial charge in [-0.2, -0.15) is 8.78 Å². The molecule has 0 saturated heterocycles. The fourth-order valence-corrected chi connectivity index (χ4v) is 3.14. The van der Waals surface area contributed by atoms with Crippen molar-refractivity contribution in [2.24, 2.45) is 0 Å². The summed E-state index contributed by atoms with van der Waals surface area (Å²) in [6.07, 6.45) is 7.02. The number of nitrogens with one attached hydrogen (secondary N) is 3. The monoisotopic (exact) mass is 535 g/mol. The van der Waals surface area contributed by atoms with Gasteiger partial charge < -0.3 is 20.8 Å². The molecule has 0 radical (unpaired) electrons. The summed E-state index contributed by atoms with van der Waals surface area (Å²) in [5, 5.41) is 13.7. The fraction of sp³-hybridized carbons (Fsp3) is 0.286. The molecule has 0 saturated carbocycles. The Morgan fingerprint density at radius 2 is 1.89 bits per heavy atom. The van der Waals surface area contributed by atoms with Gasteiger partial charge in [0.05, 0.1) is 11.9 Å². The van der Waals surface area contributed by atoms with E-state index in [0.717, 1.165) is 5.69 Å². The SMILES string of the molecule is C/C=C\CNc1ccc(O[C@H](c2ccc(Cl)cc2)C(C)NC(=O)C(C)(F)F)cc1C=N.C=C/C=C(\C)F. The van der Waals surface area contributed by atoms with Crippen LogP contribution >= 0.6 is 11.6 Å². The van der Waals surface area contributed by atoms with Crippen molar-refractivity contribution in [1.82, 2.24) is 5.32 Å². The molecule has 0 aliphatic carbocycles. The van der Waals surface area contributed by atoms with E-state index in [1.807, 2.05) is 19.1 Å². The van der Waals surface area contributed by atoms with E-state index in [9.17, 15) is 18.0 Å². The van der Waals surface area contributed by atoms with Crippen LogP contribution in [0.25, 0.3) is 0 Å². The maximum atomic E-state index is 13.4. The van der Waals surface area contributed by atoms with E-state index < -0.39 is 24.0 Å². The maximum Gasteiger partial charge on any atom is 0.321 e. The van der Waals surface area contributed by atoms with E-state index in [1.54, 1.807) is 49.4 Å². The molecule has 0 aromatic heterocycles. The van der Waals surface area contributed by atoms with Crippen LogP contribution in [0.5, 0.6) is 5.75 Å². The Bertz CT molecular complexity index is 1090. The topological polar surface area (TPSA) is 74.2 Å². The zero-order valence-electron chi connectivity index (χ0n) is 21.3. The Morgan fingerprint density at radius 3 is 2.38 bits per heavy atom. The van der Waals surface area contributed by atoms with Crippen molar-refractivity contribution in [2.45, 2.75) is 45.8 Å². The average Bonchev–Trinajstić information content (AvgIpc) is 2.83. The molecule has 37 heavy (non-hydrogen) atoms. The van der Waals surface area contributed by atoms with Gasteiger partial charge in [0.1, 0.15) is 11.9 Å². The van der Waals surface area contributed by atoms with Crippen LogP contribution in [0.15, 0.2) is 79.2 Å². The third kappa shape index (κ3) is 11.4. The van der Waals surface area contributed by atoms with E-state index in [2.05, 4.69) is 17.2 Å². The summed E-state index contributed by atoms with van der Waals surface area (Å²) in [6, 6.07) is 11.2. The van der Waals surface area contributed by atoms with Crippen LogP contribution in [0.3, 0.4) is 0 Å². The first kappa shape index (κ1) is 31.5. The lowest BCUT2D eigenvalue weighted by Gasteiger charge is -2.27. The van der Waals surface area contributed by atoms with Crippen molar-refractivity contribution in [3.05, 3.63) is 95.3 Å². The lowest BCUT2D eigenvalue weighted by atomic mass is 10.0. The fourth-order valence-electron chi connectivity index (χ4n) is 3.01. The van der Waals surface area contributed by atoms with Crippen molar-refractivity contribution in [3.8, 4) is 5.75 Å². The molecular formula is C28H33ClF3N3O2. The van der Waals surface area contributed by atoms with E-state index >= 15 is 0 Å². The molecule has 3 N–H and O–H groups in total. The maximum absolute atomic E-state index is 13.4. The number of hydrogen-bond donors (Lipinski definition) is 3. The summed E-state index contributed by atoms with van der Waals surface area (Å²) < 4.78 is 44.4. The van der Waals surface area contributed by atoms with E-state index in [0.29, 0.717) is 35.4 Å². The van der Waals surface area contributed by atoms with Crippen LogP contribution < -0.4 is 15.4 Å². The number of carbonyl (C=O) groups is 1. The number of hydrogen-bond acceptors (Lipinski definition) is 4. The van der Waals surface area contributed by atoms with Gasteiger partial charge in [0.2, 0.25) is 0 Å². The zero-order chi connectivity index (χ0) is 28.0. The molecular weight excluding hydrogens is 503 g/mol. The molecule has 0 aliphatic rings. The van der Waals surface area contributed by atoms with Gasteiger partial charge in [0.15, 0.2) is 0 Å². The molecule has 2 aromatic carbocycles. The highest BCUT2D eigenvalue weighted by Gasteiger charge is 2.35. The lowest BCUT2D eigenvalue weighted by Crippen LogP contribution is -2.46. The summed E-state index contributed by atoms with van der Waals surface area (Å²) >= 11 is 5.96. The highest BCUT2D eigenvalue weighted by atomic mass is 35.5. The van der Waals surface area contributed by atoms with Crippen LogP contribution in [-0.2, 0) is 4.79 Å². The molecule has 9 heteroatoms. The van der Waals surface area contributed by atoms with Crippen LogP contribution in [-0.4, -0.2) is 30.6 Å². The van der Waals surface area contributed by atoms with Gasteiger partial charge in [0.25, 0.3) is 5.91 Å². The van der Waals surface area contributed by atoms with Gasteiger partial charge in [0, 0.05) is 36.0 Å². The smallest absolute Gasteiger partial charge is 0.321 e. The predicted molar refractivity (Wildman–Crippen MR) is 146 cm³/mol. The second-order valence-electron chi connectivity index (χ2n) is 8.07. The highest BCUT2D eigenvalue weighted by Crippen LogP contribution is 2.29. The van der Waals surface area contributed by atoms with Gasteiger partial charge in [-0.15, -0.1) is 0 Å². The Kier molecular flexibility index (Phi) is 13.3. The Balaban J connectivity index is 0.00000102. The minimum absolute atomic E-state index is 0.204. The lowest BCUT2D eigenvalue weighted by molar-refractivity contribution is -0.144. The van der Waals surface area contributed by atoms with Crippen molar-refractivity contribution in [3.63, 3.8) is 0 Å². The Hall–Kier alpha value is -3.52. The summed E-state index contributed by atoms with van der Waals surface area (Å²) in [7, 11) is 0. The number of carbonyl (C=O) groups excluding carboxylic acids is 1. The standard InChI is InChI=1S/C23H26ClF2N3O2.C5H7F/c1-4-5-12-28-20-11-10-19(13-17(20)14-27)31-21(16-6-8-18(24)9-7-16)15(2)29-22(30)23(3,25)26;1-3-4-5(2)6/h4-11,13-15,21,27-28H,12H2,1-3H3,(H,29,30);3-4H,1H2,2H3/b5-4-,27-14?;5-4+/t15?,21-;/m0./s1. The quantitative estimate of drug-likeness (QED) is 0.157. The van der Waals surface area contributed by atoms with Crippen molar-refractivity contribution < 1.29 is 22.7 Å². The van der Waals surface area contributed by atoms with E-state index in [-0.39, 0.29) is 5.83 Å². The zero-order valence-corrected chi connectivity index (χ0v) is 22.1. The van der Waals surface area contributed by atoms with Crippen molar-refractivity contribution >= 4 is 29.4 Å². The Labute approximate surface area is 221 Å². The first-order valence-electron chi connectivity index (χ1n) is 11.5. The molecule has 2 rings (SSSR count). The predicted octanol–water partition coefficient (Wildman–Crippen LogP) is 7.65. The number of alkyl halides is 2. The minimum Gasteiger partial charge on any atom is -0.484 e. The van der Waals surface area contributed by atoms with Crippen molar-refractivity contribution in [2.75, 3.05) is 11.9 Å². The number of anilines is 1. The molecule has 2 atom stereocenters. The van der Waals surface area contributed by atoms with Crippen LogP contribution in [0.1, 0.15) is 44.9 Å². The van der Waals surface area contributed by atoms with Crippen LogP contribution in [0, 0.1) is 5.41 Å². The molecule has 0 spiro atoms. The summed E-state index contributed by atoms with van der Waals surface area (Å²) in [4.78, 5) is 11.8. The normalized spacial score (nSPS) is 13.1. The molecule has 200 valence electrons. The summed E-state index contributed by atoms with van der Waals surface area (Å²) in [5.41, 5.74) is 2.02. The van der Waals surface area contributed by atoms with Gasteiger partial charge in [-0.1, -0.05) is 48.5 Å². The molecule has 0 heterocycles. The molecule has 1 unspecified atom stereocenters. The number of allylic oxidation sites excluding steroid dienone is 4. The molecule has 1 amide bonds. The summed E-state index contributed by atoms with van der Waals surface area (Å²) in [6.45, 7) is 9.32. The second kappa shape index (κ2) is 15.6. The average molecular weight is 536 g/mol. The third-order valence-electron chi connectivity index (χ3n) is 4.85. The van der Waals surface area contributed by atoms with Crippen molar-refractivity contribution in [1.29, 1.82) is 5.41 Å². The first-order chi connectivity index (χ1) is 17.4. The van der Waals surface area contributed by atoms with Crippen LogP contribution in [0.2, 0.25) is 5.02 Å². The largest absolute Gasteiger partial charge is 0.484 e. The van der Waals surface area contributed by atoms with Gasteiger partial charge in [-0.05, 0) is 62.7 Å². The minimum atomic E-state index is -3.51. The van der Waals surface area contributed by atoms with E-state index in [1.165, 1.54) is 25.3 Å². The number of halogens is 4. The Morgan fingerprint density at radius 1 is 1.24 bits per heavy atom. The number of amides is 1. The summed E-state index contributed by atoms with van der Waals surface area (Å²) in [5.74, 6) is -4.66. The first-order valence-corrected chi connectivity index (χ1v) is 11.9. The third-order valence-corrected chi connectivity index (χ3v) is 5.10. The van der Waals surface area contributed by atoms with E-state index in [4.69, 9.17) is 21.7 Å².